The first-order valence-corrected chi connectivity index (χ1v) is 6.70. The van der Waals surface area contributed by atoms with Crippen molar-refractivity contribution < 1.29 is 13.6 Å². The lowest BCUT2D eigenvalue weighted by Gasteiger charge is -2.06. The summed E-state index contributed by atoms with van der Waals surface area (Å²) in [6.07, 6.45) is 0. The topological polar surface area (TPSA) is 46.9 Å². The van der Waals surface area contributed by atoms with Crippen LogP contribution < -0.4 is 5.32 Å². The summed E-state index contributed by atoms with van der Waals surface area (Å²) in [5, 5.41) is 2.56. The molecule has 1 amide bonds. The fraction of sp³-hybridized carbons (Fsp3) is 0.125. The molecule has 2 aromatic carbocycles. The highest BCUT2D eigenvalue weighted by atomic mass is 19.1. The molecule has 0 saturated carbocycles. The molecular weight excluding hydrogens is 288 g/mol. The summed E-state index contributed by atoms with van der Waals surface area (Å²) in [6.45, 7) is 0.125. The lowest BCUT2D eigenvalue weighted by molar-refractivity contribution is 0.0945. The second kappa shape index (κ2) is 5.55. The highest BCUT2D eigenvalue weighted by molar-refractivity contribution is 5.94. The summed E-state index contributed by atoms with van der Waals surface area (Å²) >= 11 is 0. The maximum absolute atomic E-state index is 13.5. The zero-order valence-electron chi connectivity index (χ0n) is 11.8. The number of carbonyl (C=O) groups is 1. The molecule has 1 N–H and O–H groups in total. The number of nitrogens with one attached hydrogen (secondary N) is 1. The number of halogens is 2. The molecule has 0 aliphatic rings. The van der Waals surface area contributed by atoms with Gasteiger partial charge in [-0.15, -0.1) is 0 Å². The standard InChI is InChI=1S/C16H13F2N3O/c1-21-14-5-3-2-4-13(14)20-15(21)9-19-16(22)11-8-10(17)6-7-12(11)18/h2-8H,9H2,1H3,(H,19,22). The summed E-state index contributed by atoms with van der Waals surface area (Å²) in [5.74, 6) is -1.46. The van der Waals surface area contributed by atoms with Gasteiger partial charge in [-0.2, -0.15) is 0 Å². The molecule has 0 spiro atoms. The van der Waals surface area contributed by atoms with E-state index in [9.17, 15) is 13.6 Å². The first-order valence-electron chi connectivity index (χ1n) is 6.70. The maximum Gasteiger partial charge on any atom is 0.254 e. The Morgan fingerprint density at radius 3 is 2.77 bits per heavy atom. The van der Waals surface area contributed by atoms with Crippen LogP contribution in [0, 0.1) is 11.6 Å². The Morgan fingerprint density at radius 1 is 1.23 bits per heavy atom. The molecule has 0 aliphatic heterocycles. The van der Waals surface area contributed by atoms with Gasteiger partial charge in [0.15, 0.2) is 0 Å². The van der Waals surface area contributed by atoms with Crippen molar-refractivity contribution in [1.82, 2.24) is 14.9 Å². The molecule has 4 nitrogen and oxygen atoms in total. The number of hydrogen-bond acceptors (Lipinski definition) is 2. The second-order valence-corrected chi connectivity index (χ2v) is 4.88. The minimum absolute atomic E-state index is 0.125. The zero-order chi connectivity index (χ0) is 15.7. The lowest BCUT2D eigenvalue weighted by atomic mass is 10.2. The molecule has 3 rings (SSSR count). The Labute approximate surface area is 125 Å². The number of carbonyl (C=O) groups excluding carboxylic acids is 1. The monoisotopic (exact) mass is 301 g/mol. The first kappa shape index (κ1) is 14.2. The van der Waals surface area contributed by atoms with Gasteiger partial charge < -0.3 is 9.88 Å². The van der Waals surface area contributed by atoms with Crippen LogP contribution in [-0.2, 0) is 13.6 Å². The molecule has 1 heterocycles. The number of fused-ring (bicyclic) bond motifs is 1. The van der Waals surface area contributed by atoms with Crippen LogP contribution >= 0.6 is 0 Å². The van der Waals surface area contributed by atoms with Gasteiger partial charge in [0.1, 0.15) is 17.5 Å². The van der Waals surface area contributed by atoms with Crippen molar-refractivity contribution in [3.63, 3.8) is 0 Å². The maximum atomic E-state index is 13.5. The van der Waals surface area contributed by atoms with Crippen LogP contribution in [0.5, 0.6) is 0 Å². The molecule has 0 atom stereocenters. The largest absolute Gasteiger partial charge is 0.345 e. The number of benzene rings is 2. The highest BCUT2D eigenvalue weighted by Gasteiger charge is 2.14. The molecule has 0 fully saturated rings. The SMILES string of the molecule is Cn1c(CNC(=O)c2cc(F)ccc2F)nc2ccccc21. The van der Waals surface area contributed by atoms with Gasteiger partial charge in [-0.05, 0) is 30.3 Å². The molecule has 0 unspecified atom stereocenters. The van der Waals surface area contributed by atoms with Gasteiger partial charge in [-0.3, -0.25) is 4.79 Å². The fourth-order valence-corrected chi connectivity index (χ4v) is 2.28. The molecule has 22 heavy (non-hydrogen) atoms. The van der Waals surface area contributed by atoms with E-state index in [0.29, 0.717) is 5.82 Å². The number of amides is 1. The Balaban J connectivity index is 1.80. The summed E-state index contributed by atoms with van der Waals surface area (Å²) < 4.78 is 28.5. The van der Waals surface area contributed by atoms with Gasteiger partial charge in [0, 0.05) is 7.05 Å². The van der Waals surface area contributed by atoms with Crippen molar-refractivity contribution >= 4 is 16.9 Å². The summed E-state index contributed by atoms with van der Waals surface area (Å²) in [7, 11) is 1.83. The van der Waals surface area contributed by atoms with E-state index in [2.05, 4.69) is 10.3 Å². The van der Waals surface area contributed by atoms with Crippen LogP contribution in [0.2, 0.25) is 0 Å². The van der Waals surface area contributed by atoms with Crippen LogP contribution in [0.15, 0.2) is 42.5 Å². The average molecular weight is 301 g/mol. The van der Waals surface area contributed by atoms with Crippen molar-refractivity contribution in [2.45, 2.75) is 6.54 Å². The predicted molar refractivity (Wildman–Crippen MR) is 78.2 cm³/mol. The van der Waals surface area contributed by atoms with Gasteiger partial charge >= 0.3 is 0 Å². The number of para-hydroxylation sites is 2. The molecule has 3 aromatic rings. The average Bonchev–Trinajstić information content (AvgIpc) is 2.84. The predicted octanol–water partition coefficient (Wildman–Crippen LogP) is 2.78. The Morgan fingerprint density at radius 2 is 2.00 bits per heavy atom. The highest BCUT2D eigenvalue weighted by Crippen LogP contribution is 2.14. The van der Waals surface area contributed by atoms with Gasteiger partial charge in [0.05, 0.1) is 23.1 Å². The third kappa shape index (κ3) is 2.55. The third-order valence-corrected chi connectivity index (χ3v) is 3.46. The van der Waals surface area contributed by atoms with Crippen molar-refractivity contribution in [2.24, 2.45) is 7.05 Å². The van der Waals surface area contributed by atoms with E-state index in [1.165, 1.54) is 0 Å². The number of rotatable bonds is 3. The number of imidazole rings is 1. The Bertz CT molecular complexity index is 858. The number of nitrogens with zero attached hydrogens (tertiary/aromatic N) is 2. The normalized spacial score (nSPS) is 10.9. The lowest BCUT2D eigenvalue weighted by Crippen LogP contribution is -2.25. The molecule has 6 heteroatoms. The van der Waals surface area contributed by atoms with Crippen LogP contribution in [0.1, 0.15) is 16.2 Å². The van der Waals surface area contributed by atoms with Crippen LogP contribution in [0.25, 0.3) is 11.0 Å². The fourth-order valence-electron chi connectivity index (χ4n) is 2.28. The van der Waals surface area contributed by atoms with Gasteiger partial charge in [0.2, 0.25) is 0 Å². The molecule has 1 aromatic heterocycles. The van der Waals surface area contributed by atoms with Crippen LogP contribution in [0.4, 0.5) is 8.78 Å². The van der Waals surface area contributed by atoms with Gasteiger partial charge in [-0.25, -0.2) is 13.8 Å². The van der Waals surface area contributed by atoms with E-state index in [4.69, 9.17) is 0 Å². The van der Waals surface area contributed by atoms with Gasteiger partial charge in [0.25, 0.3) is 5.91 Å². The quantitative estimate of drug-likeness (QED) is 0.808. The van der Waals surface area contributed by atoms with Crippen molar-refractivity contribution in [3.05, 3.63) is 65.5 Å². The van der Waals surface area contributed by atoms with E-state index >= 15 is 0 Å². The molecule has 0 saturated heterocycles. The zero-order valence-corrected chi connectivity index (χ0v) is 11.8. The minimum atomic E-state index is -0.760. The van der Waals surface area contributed by atoms with E-state index < -0.39 is 17.5 Å². The smallest absolute Gasteiger partial charge is 0.254 e. The van der Waals surface area contributed by atoms with Crippen LogP contribution in [-0.4, -0.2) is 15.5 Å². The minimum Gasteiger partial charge on any atom is -0.345 e. The molecule has 0 radical (unpaired) electrons. The molecular formula is C16H13F2N3O. The summed E-state index contributed by atoms with van der Waals surface area (Å²) in [5.41, 5.74) is 1.42. The van der Waals surface area contributed by atoms with E-state index in [1.807, 2.05) is 35.9 Å². The van der Waals surface area contributed by atoms with Crippen molar-refractivity contribution in [2.75, 3.05) is 0 Å². The van der Waals surface area contributed by atoms with E-state index in [0.717, 1.165) is 29.2 Å². The van der Waals surface area contributed by atoms with Crippen molar-refractivity contribution in [1.29, 1.82) is 0 Å². The number of aryl methyl sites for hydroxylation is 1. The van der Waals surface area contributed by atoms with Crippen LogP contribution in [0.3, 0.4) is 0 Å². The van der Waals surface area contributed by atoms with E-state index in [-0.39, 0.29) is 12.1 Å². The van der Waals surface area contributed by atoms with Gasteiger partial charge in [-0.1, -0.05) is 12.1 Å². The summed E-state index contributed by atoms with van der Waals surface area (Å²) in [6, 6.07) is 10.3. The Kier molecular flexibility index (Phi) is 3.58. The Hall–Kier alpha value is -2.76. The third-order valence-electron chi connectivity index (χ3n) is 3.46. The van der Waals surface area contributed by atoms with Crippen molar-refractivity contribution in [3.8, 4) is 0 Å². The number of hydrogen-bond donors (Lipinski definition) is 1. The molecule has 0 aliphatic carbocycles. The number of aromatic nitrogens is 2. The molecule has 112 valence electrons. The molecule has 0 bridgehead atoms. The first-order chi connectivity index (χ1) is 10.6. The van der Waals surface area contributed by atoms with E-state index in [1.54, 1.807) is 0 Å². The summed E-state index contributed by atoms with van der Waals surface area (Å²) in [4.78, 5) is 16.4. The second-order valence-electron chi connectivity index (χ2n) is 4.88.